The fourth-order valence-corrected chi connectivity index (χ4v) is 2.10. The molecule has 2 aromatic heterocycles. The average molecular weight is 262 g/mol. The highest BCUT2D eigenvalue weighted by molar-refractivity contribution is 6.31. The Morgan fingerprint density at radius 2 is 2.11 bits per heavy atom. The van der Waals surface area contributed by atoms with Gasteiger partial charge in [0.25, 0.3) is 0 Å². The molecule has 3 rings (SSSR count). The number of benzene rings is 1. The summed E-state index contributed by atoms with van der Waals surface area (Å²) in [6.07, 6.45) is 1.53. The van der Waals surface area contributed by atoms with E-state index < -0.39 is 0 Å². The van der Waals surface area contributed by atoms with E-state index in [1.807, 2.05) is 26.0 Å². The maximum atomic E-state index is 6.00. The van der Waals surface area contributed by atoms with Gasteiger partial charge in [0.1, 0.15) is 17.4 Å². The van der Waals surface area contributed by atoms with Crippen LogP contribution in [-0.4, -0.2) is 16.0 Å². The fraction of sp³-hybridized carbons (Fsp3) is 0.231. The molecule has 0 bridgehead atoms. The molecule has 0 saturated carbocycles. The average Bonchev–Trinajstić information content (AvgIpc) is 2.68. The van der Waals surface area contributed by atoms with Gasteiger partial charge < -0.3 is 9.73 Å². The summed E-state index contributed by atoms with van der Waals surface area (Å²) < 4.78 is 5.79. The first-order chi connectivity index (χ1) is 8.65. The molecule has 0 saturated heterocycles. The molecule has 1 N–H and O–H groups in total. The first kappa shape index (κ1) is 11.3. The predicted octanol–water partition coefficient (Wildman–Crippen LogP) is 3.85. The third kappa shape index (κ3) is 1.78. The van der Waals surface area contributed by atoms with E-state index in [-0.39, 0.29) is 6.04 Å². The molecule has 92 valence electrons. The van der Waals surface area contributed by atoms with E-state index in [1.165, 1.54) is 6.33 Å². The lowest BCUT2D eigenvalue weighted by Crippen LogP contribution is -2.11. The second-order valence-corrected chi connectivity index (χ2v) is 4.88. The zero-order chi connectivity index (χ0) is 12.7. The zero-order valence-electron chi connectivity index (χ0n) is 10.1. The molecule has 0 aliphatic rings. The molecule has 0 atom stereocenters. The minimum Gasteiger partial charge on any atom is -0.450 e. The Bertz CT molecular complexity index is 721. The third-order valence-electron chi connectivity index (χ3n) is 2.64. The Labute approximate surface area is 109 Å². The minimum absolute atomic E-state index is 0.278. The van der Waals surface area contributed by atoms with Crippen molar-refractivity contribution in [2.24, 2.45) is 0 Å². The SMILES string of the molecule is CC(C)Nc1ncnc2c1oc1ccc(Cl)cc12. The van der Waals surface area contributed by atoms with Crippen LogP contribution in [-0.2, 0) is 0 Å². The maximum Gasteiger partial charge on any atom is 0.196 e. The number of furan rings is 1. The lowest BCUT2D eigenvalue weighted by atomic mass is 10.2. The van der Waals surface area contributed by atoms with Crippen LogP contribution in [0.2, 0.25) is 5.02 Å². The van der Waals surface area contributed by atoms with Crippen LogP contribution in [0.15, 0.2) is 28.9 Å². The summed E-state index contributed by atoms with van der Waals surface area (Å²) in [7, 11) is 0. The number of fused-ring (bicyclic) bond motifs is 3. The number of halogens is 1. The molecule has 0 aliphatic carbocycles. The molecule has 0 fully saturated rings. The molecule has 18 heavy (non-hydrogen) atoms. The summed E-state index contributed by atoms with van der Waals surface area (Å²) in [5.41, 5.74) is 2.22. The highest BCUT2D eigenvalue weighted by Gasteiger charge is 2.13. The normalized spacial score (nSPS) is 11.6. The Hall–Kier alpha value is -1.81. The van der Waals surface area contributed by atoms with Crippen LogP contribution in [0.5, 0.6) is 0 Å². The van der Waals surface area contributed by atoms with Crippen molar-refractivity contribution in [3.05, 3.63) is 29.5 Å². The van der Waals surface area contributed by atoms with E-state index >= 15 is 0 Å². The van der Waals surface area contributed by atoms with Crippen molar-refractivity contribution in [2.45, 2.75) is 19.9 Å². The lowest BCUT2D eigenvalue weighted by Gasteiger charge is -2.07. The summed E-state index contributed by atoms with van der Waals surface area (Å²) in [6, 6.07) is 5.78. The number of rotatable bonds is 2. The zero-order valence-corrected chi connectivity index (χ0v) is 10.8. The third-order valence-corrected chi connectivity index (χ3v) is 2.87. The van der Waals surface area contributed by atoms with Gasteiger partial charge in [-0.25, -0.2) is 9.97 Å². The van der Waals surface area contributed by atoms with E-state index in [9.17, 15) is 0 Å². The van der Waals surface area contributed by atoms with Crippen molar-refractivity contribution >= 4 is 39.5 Å². The molecule has 0 aliphatic heterocycles. The summed E-state index contributed by atoms with van der Waals surface area (Å²) >= 11 is 6.00. The molecular formula is C13H12ClN3O. The van der Waals surface area contributed by atoms with Crippen LogP contribution >= 0.6 is 11.6 Å². The van der Waals surface area contributed by atoms with Gasteiger partial charge in [0.2, 0.25) is 0 Å². The molecule has 2 heterocycles. The topological polar surface area (TPSA) is 51.0 Å². The van der Waals surface area contributed by atoms with Gasteiger partial charge in [-0.15, -0.1) is 0 Å². The van der Waals surface area contributed by atoms with Gasteiger partial charge in [-0.3, -0.25) is 0 Å². The van der Waals surface area contributed by atoms with Crippen molar-refractivity contribution in [3.8, 4) is 0 Å². The molecule has 3 aromatic rings. The van der Waals surface area contributed by atoms with Gasteiger partial charge in [-0.05, 0) is 32.0 Å². The summed E-state index contributed by atoms with van der Waals surface area (Å²) in [5.74, 6) is 0.710. The van der Waals surface area contributed by atoms with Crippen molar-refractivity contribution < 1.29 is 4.42 Å². The van der Waals surface area contributed by atoms with Gasteiger partial charge in [-0.1, -0.05) is 11.6 Å². The standard InChI is InChI=1S/C13H12ClN3O/c1-7(2)17-13-12-11(15-6-16-13)9-5-8(14)3-4-10(9)18-12/h3-7H,1-2H3,(H,15,16,17). The Morgan fingerprint density at radius 3 is 2.89 bits per heavy atom. The minimum atomic E-state index is 0.278. The van der Waals surface area contributed by atoms with Crippen LogP contribution in [0.25, 0.3) is 22.1 Å². The number of nitrogens with one attached hydrogen (secondary N) is 1. The van der Waals surface area contributed by atoms with E-state index in [4.69, 9.17) is 16.0 Å². The van der Waals surface area contributed by atoms with Crippen LogP contribution in [0, 0.1) is 0 Å². The lowest BCUT2D eigenvalue weighted by molar-refractivity contribution is 0.665. The smallest absolute Gasteiger partial charge is 0.196 e. The van der Waals surface area contributed by atoms with Gasteiger partial charge in [-0.2, -0.15) is 0 Å². The number of hydrogen-bond acceptors (Lipinski definition) is 4. The van der Waals surface area contributed by atoms with E-state index in [1.54, 1.807) is 6.07 Å². The molecule has 0 spiro atoms. The van der Waals surface area contributed by atoms with E-state index in [0.29, 0.717) is 16.4 Å². The Kier molecular flexibility index (Phi) is 2.59. The van der Waals surface area contributed by atoms with Crippen LogP contribution in [0.1, 0.15) is 13.8 Å². The quantitative estimate of drug-likeness (QED) is 0.761. The van der Waals surface area contributed by atoms with Crippen molar-refractivity contribution in [1.82, 2.24) is 9.97 Å². The fourth-order valence-electron chi connectivity index (χ4n) is 1.92. The van der Waals surface area contributed by atoms with Gasteiger partial charge in [0.05, 0.1) is 0 Å². The van der Waals surface area contributed by atoms with Gasteiger partial charge >= 0.3 is 0 Å². The first-order valence-electron chi connectivity index (χ1n) is 5.74. The Balaban J connectivity index is 2.32. The highest BCUT2D eigenvalue weighted by atomic mass is 35.5. The first-order valence-corrected chi connectivity index (χ1v) is 6.12. The van der Waals surface area contributed by atoms with Gasteiger partial charge in [0, 0.05) is 16.5 Å². The van der Waals surface area contributed by atoms with Crippen molar-refractivity contribution in [3.63, 3.8) is 0 Å². The number of aromatic nitrogens is 2. The van der Waals surface area contributed by atoms with E-state index in [0.717, 1.165) is 16.5 Å². The van der Waals surface area contributed by atoms with Crippen molar-refractivity contribution in [1.29, 1.82) is 0 Å². The molecule has 5 heteroatoms. The molecule has 4 nitrogen and oxygen atoms in total. The van der Waals surface area contributed by atoms with Gasteiger partial charge in [0.15, 0.2) is 11.4 Å². The number of hydrogen-bond donors (Lipinski definition) is 1. The highest BCUT2D eigenvalue weighted by Crippen LogP contribution is 2.32. The molecular weight excluding hydrogens is 250 g/mol. The molecule has 0 unspecified atom stereocenters. The van der Waals surface area contributed by atoms with Crippen molar-refractivity contribution in [2.75, 3.05) is 5.32 Å². The molecule has 0 radical (unpaired) electrons. The Morgan fingerprint density at radius 1 is 1.28 bits per heavy atom. The monoisotopic (exact) mass is 261 g/mol. The summed E-state index contributed by atoms with van der Waals surface area (Å²) in [4.78, 5) is 8.49. The van der Waals surface area contributed by atoms with E-state index in [2.05, 4.69) is 15.3 Å². The largest absolute Gasteiger partial charge is 0.450 e. The predicted molar refractivity (Wildman–Crippen MR) is 73.1 cm³/mol. The van der Waals surface area contributed by atoms with Crippen LogP contribution < -0.4 is 5.32 Å². The second-order valence-electron chi connectivity index (χ2n) is 4.44. The van der Waals surface area contributed by atoms with Crippen LogP contribution in [0.3, 0.4) is 0 Å². The maximum absolute atomic E-state index is 6.00. The number of anilines is 1. The number of nitrogens with zero attached hydrogens (tertiary/aromatic N) is 2. The summed E-state index contributed by atoms with van der Waals surface area (Å²) in [6.45, 7) is 4.10. The molecule has 0 amide bonds. The van der Waals surface area contributed by atoms with Crippen LogP contribution in [0.4, 0.5) is 5.82 Å². The summed E-state index contributed by atoms with van der Waals surface area (Å²) in [5, 5.41) is 4.82. The second kappa shape index (κ2) is 4.14. The molecule has 1 aromatic carbocycles.